The van der Waals surface area contributed by atoms with Crippen molar-refractivity contribution in [2.24, 2.45) is 17.6 Å². The van der Waals surface area contributed by atoms with E-state index in [1.54, 1.807) is 12.1 Å². The summed E-state index contributed by atoms with van der Waals surface area (Å²) in [5.74, 6) is 0.613. The lowest BCUT2D eigenvalue weighted by molar-refractivity contribution is -0.121. The van der Waals surface area contributed by atoms with E-state index in [2.05, 4.69) is 21.2 Å². The lowest BCUT2D eigenvalue weighted by atomic mass is 9.81. The molecule has 1 aromatic rings. The number of anilines is 1. The van der Waals surface area contributed by atoms with Gasteiger partial charge in [-0.05, 0) is 66.2 Å². The van der Waals surface area contributed by atoms with E-state index in [-0.39, 0.29) is 11.8 Å². The fraction of sp³-hybridized carbons (Fsp3) is 0.500. The number of nitrogens with one attached hydrogen (secondary N) is 1. The van der Waals surface area contributed by atoms with Crippen molar-refractivity contribution in [3.05, 3.63) is 26.7 Å². The van der Waals surface area contributed by atoms with Crippen LogP contribution in [0.25, 0.3) is 0 Å². The van der Waals surface area contributed by atoms with Crippen LogP contribution in [0.5, 0.6) is 0 Å². The molecule has 3 N–H and O–H groups in total. The monoisotopic (exact) mass is 378 g/mol. The summed E-state index contributed by atoms with van der Waals surface area (Å²) in [7, 11) is 0. The number of carbonyl (C=O) groups excluding carboxylic acids is 1. The Morgan fingerprint density at radius 2 is 1.90 bits per heavy atom. The van der Waals surface area contributed by atoms with E-state index in [0.29, 0.717) is 32.7 Å². The van der Waals surface area contributed by atoms with Crippen molar-refractivity contribution in [2.75, 3.05) is 11.9 Å². The van der Waals surface area contributed by atoms with Crippen molar-refractivity contribution in [3.8, 4) is 0 Å². The smallest absolute Gasteiger partial charge is 0.227 e. The Labute approximate surface area is 137 Å². The highest BCUT2D eigenvalue weighted by Crippen LogP contribution is 2.36. The molecule has 0 unspecified atom stereocenters. The first-order chi connectivity index (χ1) is 9.52. The molecule has 110 valence electrons. The first-order valence-corrected chi connectivity index (χ1v) is 8.22. The van der Waals surface area contributed by atoms with Crippen LogP contribution in [-0.2, 0) is 4.79 Å². The first-order valence-electron chi connectivity index (χ1n) is 6.67. The summed E-state index contributed by atoms with van der Waals surface area (Å²) in [6, 6.07) is 3.52. The molecule has 0 radical (unpaired) electrons. The van der Waals surface area contributed by atoms with Crippen LogP contribution in [0.3, 0.4) is 0 Å². The molecule has 0 saturated heterocycles. The van der Waals surface area contributed by atoms with Gasteiger partial charge in [-0.3, -0.25) is 4.79 Å². The predicted octanol–water partition coefficient (Wildman–Crippen LogP) is 4.46. The van der Waals surface area contributed by atoms with Crippen LogP contribution in [0.4, 0.5) is 5.69 Å². The zero-order valence-corrected chi connectivity index (χ0v) is 14.1. The quantitative estimate of drug-likeness (QED) is 0.761. The van der Waals surface area contributed by atoms with Crippen LogP contribution in [0, 0.1) is 11.8 Å². The summed E-state index contributed by atoms with van der Waals surface area (Å²) in [5, 5.41) is 3.65. The van der Waals surface area contributed by atoms with Crippen LogP contribution >= 0.6 is 39.1 Å². The lowest BCUT2D eigenvalue weighted by Crippen LogP contribution is -2.29. The number of benzene rings is 1. The number of hydrogen-bond acceptors (Lipinski definition) is 2. The van der Waals surface area contributed by atoms with Gasteiger partial charge in [0.15, 0.2) is 0 Å². The van der Waals surface area contributed by atoms with Crippen molar-refractivity contribution < 1.29 is 4.79 Å². The molecular weight excluding hydrogens is 363 g/mol. The van der Waals surface area contributed by atoms with Gasteiger partial charge in [0.05, 0.1) is 15.7 Å². The average molecular weight is 380 g/mol. The van der Waals surface area contributed by atoms with Gasteiger partial charge >= 0.3 is 0 Å². The van der Waals surface area contributed by atoms with Gasteiger partial charge < -0.3 is 11.1 Å². The molecule has 1 fully saturated rings. The third-order valence-electron chi connectivity index (χ3n) is 3.84. The van der Waals surface area contributed by atoms with E-state index in [0.717, 1.165) is 25.7 Å². The molecule has 0 aromatic heterocycles. The highest BCUT2D eigenvalue weighted by Gasteiger charge is 2.26. The van der Waals surface area contributed by atoms with E-state index < -0.39 is 0 Å². The number of hydrogen-bond donors (Lipinski definition) is 2. The maximum absolute atomic E-state index is 12.3. The molecule has 1 aliphatic carbocycles. The number of rotatable bonds is 3. The normalized spacial score (nSPS) is 22.6. The van der Waals surface area contributed by atoms with Gasteiger partial charge in [-0.1, -0.05) is 23.2 Å². The fourth-order valence-corrected chi connectivity index (χ4v) is 3.34. The van der Waals surface area contributed by atoms with E-state index in [1.807, 2.05) is 0 Å². The van der Waals surface area contributed by atoms with E-state index in [4.69, 9.17) is 28.9 Å². The van der Waals surface area contributed by atoms with E-state index in [1.165, 1.54) is 0 Å². The summed E-state index contributed by atoms with van der Waals surface area (Å²) in [6.07, 6.45) is 3.80. The average Bonchev–Trinajstić information content (AvgIpc) is 2.48. The molecule has 0 bridgehead atoms. The zero-order chi connectivity index (χ0) is 14.7. The minimum Gasteiger partial charge on any atom is -0.330 e. The molecule has 1 aromatic carbocycles. The van der Waals surface area contributed by atoms with Gasteiger partial charge in [-0.2, -0.15) is 0 Å². The molecule has 2 rings (SSSR count). The van der Waals surface area contributed by atoms with Gasteiger partial charge in [0.1, 0.15) is 0 Å². The minimum absolute atomic E-state index is 0.0146. The molecule has 1 saturated carbocycles. The Balaban J connectivity index is 2.00. The molecule has 1 amide bonds. The molecule has 0 aliphatic heterocycles. The second kappa shape index (κ2) is 7.12. The van der Waals surface area contributed by atoms with Crippen LogP contribution in [0.15, 0.2) is 16.6 Å². The third kappa shape index (κ3) is 3.67. The van der Waals surface area contributed by atoms with Crippen LogP contribution in [0.1, 0.15) is 25.7 Å². The SMILES string of the molecule is NCC1CCC(C(=O)Nc2ccc(Br)c(Cl)c2Cl)CC1. The van der Waals surface area contributed by atoms with Crippen molar-refractivity contribution in [3.63, 3.8) is 0 Å². The number of amides is 1. The van der Waals surface area contributed by atoms with Gasteiger partial charge in [0.2, 0.25) is 5.91 Å². The molecular formula is C14H17BrCl2N2O. The Morgan fingerprint density at radius 3 is 2.50 bits per heavy atom. The molecule has 0 atom stereocenters. The van der Waals surface area contributed by atoms with Gasteiger partial charge in [-0.25, -0.2) is 0 Å². The largest absolute Gasteiger partial charge is 0.330 e. The van der Waals surface area contributed by atoms with Gasteiger partial charge in [0, 0.05) is 10.4 Å². The molecule has 0 spiro atoms. The summed E-state index contributed by atoms with van der Waals surface area (Å²) in [4.78, 5) is 12.3. The molecule has 1 aliphatic rings. The van der Waals surface area contributed by atoms with Gasteiger partial charge in [0.25, 0.3) is 0 Å². The Morgan fingerprint density at radius 1 is 1.25 bits per heavy atom. The van der Waals surface area contributed by atoms with E-state index >= 15 is 0 Å². The van der Waals surface area contributed by atoms with E-state index in [9.17, 15) is 4.79 Å². The first kappa shape index (κ1) is 16.1. The van der Waals surface area contributed by atoms with Crippen molar-refractivity contribution in [1.82, 2.24) is 0 Å². The Kier molecular flexibility index (Phi) is 5.73. The van der Waals surface area contributed by atoms with Crippen molar-refractivity contribution >= 4 is 50.7 Å². The van der Waals surface area contributed by atoms with Crippen molar-refractivity contribution in [1.29, 1.82) is 0 Å². The molecule has 20 heavy (non-hydrogen) atoms. The lowest BCUT2D eigenvalue weighted by Gasteiger charge is -2.26. The second-order valence-corrected chi connectivity index (χ2v) is 6.78. The van der Waals surface area contributed by atoms with Gasteiger partial charge in [-0.15, -0.1) is 0 Å². The fourth-order valence-electron chi connectivity index (χ4n) is 2.52. The highest BCUT2D eigenvalue weighted by atomic mass is 79.9. The Hall–Kier alpha value is -0.290. The minimum atomic E-state index is 0.0146. The second-order valence-electron chi connectivity index (χ2n) is 5.17. The highest BCUT2D eigenvalue weighted by molar-refractivity contribution is 9.10. The summed E-state index contributed by atoms with van der Waals surface area (Å²) in [6.45, 7) is 0.711. The maximum atomic E-state index is 12.3. The maximum Gasteiger partial charge on any atom is 0.227 e. The summed E-state index contributed by atoms with van der Waals surface area (Å²) in [5.41, 5.74) is 6.22. The zero-order valence-electron chi connectivity index (χ0n) is 11.0. The topological polar surface area (TPSA) is 55.1 Å². The standard InChI is InChI=1S/C14H17BrCl2N2O/c15-10-5-6-11(13(17)12(10)16)19-14(20)9-3-1-8(7-18)2-4-9/h5-6,8-9H,1-4,7,18H2,(H,19,20). The number of nitrogens with two attached hydrogens (primary N) is 1. The predicted molar refractivity (Wildman–Crippen MR) is 87.3 cm³/mol. The van der Waals surface area contributed by atoms with Crippen LogP contribution in [0.2, 0.25) is 10.0 Å². The van der Waals surface area contributed by atoms with Crippen LogP contribution < -0.4 is 11.1 Å². The number of carbonyl (C=O) groups is 1. The van der Waals surface area contributed by atoms with Crippen LogP contribution in [-0.4, -0.2) is 12.5 Å². The number of halogens is 3. The summed E-state index contributed by atoms with van der Waals surface area (Å²) >= 11 is 15.5. The Bertz CT molecular complexity index is 502. The third-order valence-corrected chi connectivity index (χ3v) is 5.61. The molecule has 6 heteroatoms. The summed E-state index contributed by atoms with van der Waals surface area (Å²) < 4.78 is 0.714. The molecule has 3 nitrogen and oxygen atoms in total. The molecule has 0 heterocycles. The van der Waals surface area contributed by atoms with Crippen molar-refractivity contribution in [2.45, 2.75) is 25.7 Å².